The molecule has 0 saturated heterocycles. The lowest BCUT2D eigenvalue weighted by atomic mass is 10.1. The second-order valence-electron chi connectivity index (χ2n) is 9.16. The van der Waals surface area contributed by atoms with Crippen molar-refractivity contribution in [3.05, 3.63) is 59.7 Å². The molecule has 33 heavy (non-hydrogen) atoms. The fourth-order valence-corrected chi connectivity index (χ4v) is 3.16. The lowest BCUT2D eigenvalue weighted by Crippen LogP contribution is -2.38. The van der Waals surface area contributed by atoms with Crippen molar-refractivity contribution in [3.63, 3.8) is 0 Å². The van der Waals surface area contributed by atoms with Gasteiger partial charge in [-0.3, -0.25) is 4.79 Å². The molecule has 0 unspecified atom stereocenters. The standard InChI is InChI=1S/C27H37NO5/c1-5-6-7-8-9-18-31-22-16-12-21(13-17-22)25(29)32-23-14-10-20(11-15-23)19-24(28)26(30)33-27(2,3)4/h10-17,24H,5-9,18-19,28H2,1-4H3/t24-/m0/s1. The van der Waals surface area contributed by atoms with Crippen LogP contribution in [-0.2, 0) is 16.0 Å². The van der Waals surface area contributed by atoms with Gasteiger partial charge in [-0.15, -0.1) is 0 Å². The SMILES string of the molecule is CCCCCCCOc1ccc(C(=O)Oc2ccc(C[C@H](N)C(=O)OC(C)(C)C)cc2)cc1. The predicted octanol–water partition coefficient (Wildman–Crippen LogP) is 5.47. The van der Waals surface area contributed by atoms with E-state index in [1.54, 1.807) is 69.3 Å². The summed E-state index contributed by atoms with van der Waals surface area (Å²) < 4.78 is 16.5. The van der Waals surface area contributed by atoms with Gasteiger partial charge >= 0.3 is 11.9 Å². The molecule has 2 rings (SSSR count). The van der Waals surface area contributed by atoms with Crippen molar-refractivity contribution in [1.82, 2.24) is 0 Å². The number of rotatable bonds is 12. The Hall–Kier alpha value is -2.86. The van der Waals surface area contributed by atoms with Crippen LogP contribution in [0.4, 0.5) is 0 Å². The maximum atomic E-state index is 12.4. The molecular formula is C27H37NO5. The van der Waals surface area contributed by atoms with Crippen LogP contribution in [0.2, 0.25) is 0 Å². The Balaban J connectivity index is 1.81. The van der Waals surface area contributed by atoms with Crippen LogP contribution in [0.5, 0.6) is 11.5 Å². The Morgan fingerprint density at radius 1 is 0.879 bits per heavy atom. The van der Waals surface area contributed by atoms with Crippen LogP contribution in [0.3, 0.4) is 0 Å². The number of benzene rings is 2. The number of unbranched alkanes of at least 4 members (excludes halogenated alkanes) is 4. The number of esters is 2. The van der Waals surface area contributed by atoms with Crippen LogP contribution in [-0.4, -0.2) is 30.2 Å². The molecule has 6 heteroatoms. The molecule has 180 valence electrons. The quantitative estimate of drug-likeness (QED) is 0.259. The van der Waals surface area contributed by atoms with E-state index in [2.05, 4.69) is 6.92 Å². The van der Waals surface area contributed by atoms with Crippen molar-refractivity contribution in [2.75, 3.05) is 6.61 Å². The van der Waals surface area contributed by atoms with E-state index in [4.69, 9.17) is 19.9 Å². The highest BCUT2D eigenvalue weighted by Crippen LogP contribution is 2.18. The Kier molecular flexibility index (Phi) is 10.4. The molecule has 0 bridgehead atoms. The minimum atomic E-state index is -0.755. The highest BCUT2D eigenvalue weighted by atomic mass is 16.6. The molecule has 0 aromatic heterocycles. The summed E-state index contributed by atoms with van der Waals surface area (Å²) in [6.07, 6.45) is 6.27. The largest absolute Gasteiger partial charge is 0.494 e. The highest BCUT2D eigenvalue weighted by molar-refractivity contribution is 5.91. The van der Waals surface area contributed by atoms with E-state index in [-0.39, 0.29) is 0 Å². The van der Waals surface area contributed by atoms with Crippen molar-refractivity contribution < 1.29 is 23.8 Å². The fourth-order valence-electron chi connectivity index (χ4n) is 3.16. The van der Waals surface area contributed by atoms with Gasteiger partial charge in [0.2, 0.25) is 0 Å². The molecule has 0 aliphatic heterocycles. The second kappa shape index (κ2) is 13.0. The number of carbonyl (C=O) groups is 2. The first-order chi connectivity index (χ1) is 15.7. The molecule has 0 spiro atoms. The fraction of sp³-hybridized carbons (Fsp3) is 0.481. The summed E-state index contributed by atoms with van der Waals surface area (Å²) >= 11 is 0. The first kappa shape index (κ1) is 26.4. The van der Waals surface area contributed by atoms with Crippen LogP contribution >= 0.6 is 0 Å². The van der Waals surface area contributed by atoms with Gasteiger partial charge in [-0.1, -0.05) is 44.7 Å². The molecule has 2 N–H and O–H groups in total. The third kappa shape index (κ3) is 10.1. The van der Waals surface area contributed by atoms with Gasteiger partial charge in [0.15, 0.2) is 0 Å². The van der Waals surface area contributed by atoms with Gasteiger partial charge in [0.1, 0.15) is 23.1 Å². The van der Waals surface area contributed by atoms with Crippen molar-refractivity contribution in [3.8, 4) is 11.5 Å². The molecule has 0 radical (unpaired) electrons. The van der Waals surface area contributed by atoms with Crippen molar-refractivity contribution in [2.45, 2.75) is 77.9 Å². The molecule has 0 aliphatic rings. The minimum Gasteiger partial charge on any atom is -0.494 e. The number of hydrogen-bond acceptors (Lipinski definition) is 6. The number of carbonyl (C=O) groups excluding carboxylic acids is 2. The Morgan fingerprint density at radius 2 is 1.48 bits per heavy atom. The molecule has 0 amide bonds. The molecule has 0 heterocycles. The maximum absolute atomic E-state index is 12.4. The summed E-state index contributed by atoms with van der Waals surface area (Å²) in [5.41, 5.74) is 6.67. The zero-order chi connectivity index (χ0) is 24.3. The zero-order valence-electron chi connectivity index (χ0n) is 20.3. The molecule has 1 atom stereocenters. The van der Waals surface area contributed by atoms with Gasteiger partial charge in [0, 0.05) is 0 Å². The average Bonchev–Trinajstić information content (AvgIpc) is 2.76. The van der Waals surface area contributed by atoms with E-state index >= 15 is 0 Å². The predicted molar refractivity (Wildman–Crippen MR) is 130 cm³/mol. The van der Waals surface area contributed by atoms with E-state index < -0.39 is 23.6 Å². The normalized spacial score (nSPS) is 12.2. The van der Waals surface area contributed by atoms with Crippen molar-refractivity contribution in [2.24, 2.45) is 5.73 Å². The van der Waals surface area contributed by atoms with Gasteiger partial charge in [-0.05, 0) is 75.6 Å². The van der Waals surface area contributed by atoms with E-state index in [9.17, 15) is 9.59 Å². The molecule has 0 aliphatic carbocycles. The summed E-state index contributed by atoms with van der Waals surface area (Å²) in [6, 6.07) is 13.1. The zero-order valence-corrected chi connectivity index (χ0v) is 20.3. The van der Waals surface area contributed by atoms with E-state index in [1.165, 1.54) is 25.7 Å². The van der Waals surface area contributed by atoms with Crippen LogP contribution < -0.4 is 15.2 Å². The van der Waals surface area contributed by atoms with Crippen LogP contribution in [0.15, 0.2) is 48.5 Å². The van der Waals surface area contributed by atoms with Gasteiger partial charge in [-0.2, -0.15) is 0 Å². The van der Waals surface area contributed by atoms with Gasteiger partial charge in [-0.25, -0.2) is 4.79 Å². The number of ether oxygens (including phenoxy) is 3. The molecule has 6 nitrogen and oxygen atoms in total. The van der Waals surface area contributed by atoms with Gasteiger partial charge in [0.25, 0.3) is 0 Å². The number of hydrogen-bond donors (Lipinski definition) is 1. The first-order valence-corrected chi connectivity index (χ1v) is 11.7. The van der Waals surface area contributed by atoms with E-state index in [0.717, 1.165) is 17.7 Å². The molecule has 0 saturated carbocycles. The Bertz CT molecular complexity index is 869. The van der Waals surface area contributed by atoms with Crippen molar-refractivity contribution in [1.29, 1.82) is 0 Å². The molecular weight excluding hydrogens is 418 g/mol. The minimum absolute atomic E-state index is 0.337. The lowest BCUT2D eigenvalue weighted by Gasteiger charge is -2.22. The highest BCUT2D eigenvalue weighted by Gasteiger charge is 2.22. The van der Waals surface area contributed by atoms with Gasteiger partial charge in [0.05, 0.1) is 12.2 Å². The molecule has 2 aromatic rings. The van der Waals surface area contributed by atoms with Crippen LogP contribution in [0.25, 0.3) is 0 Å². The topological polar surface area (TPSA) is 87.9 Å². The molecule has 2 aromatic carbocycles. The summed E-state index contributed by atoms with van der Waals surface area (Å²) in [7, 11) is 0. The Morgan fingerprint density at radius 3 is 2.09 bits per heavy atom. The lowest BCUT2D eigenvalue weighted by molar-refractivity contribution is -0.156. The summed E-state index contributed by atoms with van der Waals surface area (Å²) in [4.78, 5) is 24.5. The average molecular weight is 456 g/mol. The van der Waals surface area contributed by atoms with E-state index in [0.29, 0.717) is 24.3 Å². The smallest absolute Gasteiger partial charge is 0.343 e. The number of nitrogens with two attached hydrogens (primary N) is 1. The molecule has 0 fully saturated rings. The third-order valence-corrected chi connectivity index (χ3v) is 4.91. The van der Waals surface area contributed by atoms with Crippen LogP contribution in [0.1, 0.15) is 75.7 Å². The van der Waals surface area contributed by atoms with Gasteiger partial charge < -0.3 is 19.9 Å². The monoisotopic (exact) mass is 455 g/mol. The summed E-state index contributed by atoms with van der Waals surface area (Å²) in [5.74, 6) is 0.274. The van der Waals surface area contributed by atoms with E-state index in [1.807, 2.05) is 0 Å². The Labute approximate surface area is 197 Å². The van der Waals surface area contributed by atoms with Crippen LogP contribution in [0, 0.1) is 0 Å². The first-order valence-electron chi connectivity index (χ1n) is 11.7. The third-order valence-electron chi connectivity index (χ3n) is 4.91. The summed E-state index contributed by atoms with van der Waals surface area (Å²) in [6.45, 7) is 8.28. The second-order valence-corrected chi connectivity index (χ2v) is 9.16. The van der Waals surface area contributed by atoms with Crippen molar-refractivity contribution >= 4 is 11.9 Å². The summed E-state index contributed by atoms with van der Waals surface area (Å²) in [5, 5.41) is 0. The maximum Gasteiger partial charge on any atom is 0.343 e.